The maximum atomic E-state index is 4.14. The number of aromatic nitrogens is 3. The second kappa shape index (κ2) is 2.62. The van der Waals surface area contributed by atoms with Gasteiger partial charge in [0.15, 0.2) is 0 Å². The number of fused-ring (bicyclic) bond motifs is 1. The molecule has 0 fully saturated rings. The van der Waals surface area contributed by atoms with E-state index < -0.39 is 0 Å². The van der Waals surface area contributed by atoms with Gasteiger partial charge < -0.3 is 0 Å². The third-order valence-corrected chi connectivity index (χ3v) is 2.15. The first-order chi connectivity index (χ1) is 5.42. The number of halogens is 1. The van der Waals surface area contributed by atoms with Crippen molar-refractivity contribution in [3.8, 4) is 0 Å². The Kier molecular flexibility index (Phi) is 1.62. The van der Waals surface area contributed by atoms with E-state index in [1.54, 1.807) is 6.20 Å². The van der Waals surface area contributed by atoms with Gasteiger partial charge in [-0.3, -0.25) is 4.98 Å². The molecule has 0 saturated carbocycles. The van der Waals surface area contributed by atoms with Crippen LogP contribution in [0.4, 0.5) is 0 Å². The van der Waals surface area contributed by atoms with E-state index in [0.29, 0.717) is 0 Å². The molecule has 0 unspecified atom stereocenters. The summed E-state index contributed by atoms with van der Waals surface area (Å²) in [6.45, 7) is 0. The molecular formula is C7H6BrN3. The fourth-order valence-electron chi connectivity index (χ4n) is 0.986. The fraction of sp³-hybridized carbons (Fsp3) is 0.143. The Hall–Kier alpha value is -0.900. The number of alkyl halides is 1. The van der Waals surface area contributed by atoms with Crippen molar-refractivity contribution in [3.63, 3.8) is 0 Å². The van der Waals surface area contributed by atoms with E-state index >= 15 is 0 Å². The monoisotopic (exact) mass is 211 g/mol. The zero-order valence-electron chi connectivity index (χ0n) is 5.74. The second-order valence-corrected chi connectivity index (χ2v) is 2.77. The van der Waals surface area contributed by atoms with Crippen LogP contribution < -0.4 is 0 Å². The van der Waals surface area contributed by atoms with Gasteiger partial charge in [0, 0.05) is 23.3 Å². The summed E-state index contributed by atoms with van der Waals surface area (Å²) in [5.41, 5.74) is 2.22. The Morgan fingerprint density at radius 3 is 3.18 bits per heavy atom. The third-order valence-electron chi connectivity index (χ3n) is 1.55. The van der Waals surface area contributed by atoms with Crippen molar-refractivity contribution >= 4 is 21.4 Å². The van der Waals surface area contributed by atoms with Crippen LogP contribution in [0.5, 0.6) is 0 Å². The molecule has 4 heteroatoms. The fourth-order valence-corrected chi connectivity index (χ4v) is 1.42. The molecule has 0 aliphatic heterocycles. The minimum Gasteiger partial charge on any atom is -0.261 e. The molecule has 3 nitrogen and oxygen atoms in total. The van der Waals surface area contributed by atoms with Crippen molar-refractivity contribution in [2.24, 2.45) is 0 Å². The van der Waals surface area contributed by atoms with Crippen LogP contribution in [0, 0.1) is 0 Å². The summed E-state index contributed by atoms with van der Waals surface area (Å²) in [6.07, 6.45) is 7.20. The molecule has 2 aromatic rings. The minimum absolute atomic E-state index is 0.822. The van der Waals surface area contributed by atoms with E-state index in [0.717, 1.165) is 16.4 Å². The predicted molar refractivity (Wildman–Crippen MR) is 45.6 cm³/mol. The van der Waals surface area contributed by atoms with Crippen LogP contribution >= 0.6 is 15.9 Å². The molecule has 56 valence electrons. The van der Waals surface area contributed by atoms with Gasteiger partial charge in [-0.2, -0.15) is 5.10 Å². The maximum absolute atomic E-state index is 4.14. The van der Waals surface area contributed by atoms with Gasteiger partial charge >= 0.3 is 0 Å². The summed E-state index contributed by atoms with van der Waals surface area (Å²) in [4.78, 5) is 4.01. The van der Waals surface area contributed by atoms with Gasteiger partial charge in [0.25, 0.3) is 0 Å². The quantitative estimate of drug-likeness (QED) is 0.672. The van der Waals surface area contributed by atoms with Crippen LogP contribution in [0.15, 0.2) is 24.8 Å². The number of rotatable bonds is 1. The lowest BCUT2D eigenvalue weighted by Gasteiger charge is -1.90. The SMILES string of the molecule is BrCc1cnn2ccncc12. The van der Waals surface area contributed by atoms with Crippen molar-refractivity contribution in [2.75, 3.05) is 0 Å². The molecular weight excluding hydrogens is 206 g/mol. The molecule has 11 heavy (non-hydrogen) atoms. The van der Waals surface area contributed by atoms with Crippen LogP contribution in [-0.4, -0.2) is 14.6 Å². The Bertz CT molecular complexity index is 368. The first-order valence-electron chi connectivity index (χ1n) is 3.24. The van der Waals surface area contributed by atoms with Crippen molar-refractivity contribution < 1.29 is 0 Å². The minimum atomic E-state index is 0.822. The summed E-state index contributed by atoms with van der Waals surface area (Å²) < 4.78 is 1.81. The maximum Gasteiger partial charge on any atom is 0.0885 e. The molecule has 0 aliphatic rings. The summed E-state index contributed by atoms with van der Waals surface area (Å²) in [6, 6.07) is 0. The lowest BCUT2D eigenvalue weighted by molar-refractivity contribution is 0.946. The largest absolute Gasteiger partial charge is 0.261 e. The first-order valence-corrected chi connectivity index (χ1v) is 4.36. The Balaban J connectivity index is 2.76. The molecule has 0 aromatic carbocycles. The summed E-state index contributed by atoms with van der Waals surface area (Å²) in [5.74, 6) is 0. The van der Waals surface area contributed by atoms with Gasteiger partial charge in [-0.05, 0) is 0 Å². The van der Waals surface area contributed by atoms with Crippen LogP contribution in [-0.2, 0) is 5.33 Å². The second-order valence-electron chi connectivity index (χ2n) is 2.21. The van der Waals surface area contributed by atoms with E-state index in [1.165, 1.54) is 0 Å². The molecule has 2 heterocycles. The molecule has 0 aliphatic carbocycles. The molecule has 0 N–H and O–H groups in total. The Morgan fingerprint density at radius 2 is 2.36 bits per heavy atom. The number of nitrogens with zero attached hydrogens (tertiary/aromatic N) is 3. The molecule has 2 rings (SSSR count). The summed E-state index contributed by atoms with van der Waals surface area (Å²) in [7, 11) is 0. The Morgan fingerprint density at radius 1 is 1.45 bits per heavy atom. The molecule has 0 atom stereocenters. The van der Waals surface area contributed by atoms with E-state index in [1.807, 2.05) is 23.1 Å². The highest BCUT2D eigenvalue weighted by Gasteiger charge is 1.99. The lowest BCUT2D eigenvalue weighted by Crippen LogP contribution is -1.85. The highest BCUT2D eigenvalue weighted by Crippen LogP contribution is 2.11. The van der Waals surface area contributed by atoms with E-state index in [2.05, 4.69) is 26.0 Å². The van der Waals surface area contributed by atoms with Crippen molar-refractivity contribution in [3.05, 3.63) is 30.4 Å². The highest BCUT2D eigenvalue weighted by atomic mass is 79.9. The smallest absolute Gasteiger partial charge is 0.0885 e. The Labute approximate surface area is 72.2 Å². The van der Waals surface area contributed by atoms with Crippen LogP contribution in [0.1, 0.15) is 5.56 Å². The normalized spacial score (nSPS) is 10.6. The molecule has 0 amide bonds. The molecule has 0 radical (unpaired) electrons. The van der Waals surface area contributed by atoms with E-state index in [9.17, 15) is 0 Å². The standard InChI is InChI=1S/C7H6BrN3/c8-3-6-4-10-11-2-1-9-5-7(6)11/h1-2,4-5H,3H2. The zero-order valence-corrected chi connectivity index (χ0v) is 7.32. The van der Waals surface area contributed by atoms with Gasteiger partial charge in [-0.15, -0.1) is 0 Å². The van der Waals surface area contributed by atoms with E-state index in [4.69, 9.17) is 0 Å². The van der Waals surface area contributed by atoms with Crippen molar-refractivity contribution in [1.82, 2.24) is 14.6 Å². The molecule has 0 saturated heterocycles. The zero-order chi connectivity index (χ0) is 7.68. The van der Waals surface area contributed by atoms with Gasteiger partial charge in [0.1, 0.15) is 0 Å². The van der Waals surface area contributed by atoms with Crippen LogP contribution in [0.25, 0.3) is 5.52 Å². The third kappa shape index (κ3) is 1.03. The molecule has 2 aromatic heterocycles. The lowest BCUT2D eigenvalue weighted by atomic mass is 10.3. The number of hydrogen-bond acceptors (Lipinski definition) is 2. The topological polar surface area (TPSA) is 30.2 Å². The van der Waals surface area contributed by atoms with Gasteiger partial charge in [0.05, 0.1) is 17.9 Å². The van der Waals surface area contributed by atoms with Crippen LogP contribution in [0.2, 0.25) is 0 Å². The van der Waals surface area contributed by atoms with E-state index in [-0.39, 0.29) is 0 Å². The summed E-state index contributed by atoms with van der Waals surface area (Å²) in [5, 5.41) is 4.96. The molecule has 0 spiro atoms. The average Bonchev–Trinajstić information content (AvgIpc) is 2.47. The van der Waals surface area contributed by atoms with Crippen LogP contribution in [0.3, 0.4) is 0 Å². The van der Waals surface area contributed by atoms with Crippen molar-refractivity contribution in [1.29, 1.82) is 0 Å². The highest BCUT2D eigenvalue weighted by molar-refractivity contribution is 9.08. The predicted octanol–water partition coefficient (Wildman–Crippen LogP) is 1.62. The van der Waals surface area contributed by atoms with Crippen molar-refractivity contribution in [2.45, 2.75) is 5.33 Å². The first kappa shape index (κ1) is 6.79. The van der Waals surface area contributed by atoms with Gasteiger partial charge in [0.2, 0.25) is 0 Å². The average molecular weight is 212 g/mol. The molecule has 0 bridgehead atoms. The van der Waals surface area contributed by atoms with Gasteiger partial charge in [-0.25, -0.2) is 4.52 Å². The summed E-state index contributed by atoms with van der Waals surface area (Å²) >= 11 is 3.38. The number of hydrogen-bond donors (Lipinski definition) is 0. The van der Waals surface area contributed by atoms with Gasteiger partial charge in [-0.1, -0.05) is 15.9 Å².